The highest BCUT2D eigenvalue weighted by Crippen LogP contribution is 2.42. The molecule has 2 aromatic rings. The number of fused-ring (bicyclic) bond motifs is 3. The molecular weight excluding hydrogens is 426 g/mol. The quantitative estimate of drug-likeness (QED) is 0.714. The van der Waals surface area contributed by atoms with Crippen LogP contribution in [-0.4, -0.2) is 68.9 Å². The smallest absolute Gasteiger partial charge is 0.249 e. The van der Waals surface area contributed by atoms with Crippen LogP contribution in [0.1, 0.15) is 34.4 Å². The fourth-order valence-electron chi connectivity index (χ4n) is 4.60. The minimum absolute atomic E-state index is 0.0353. The van der Waals surface area contributed by atoms with Gasteiger partial charge in [0.2, 0.25) is 11.8 Å². The SMILES string of the molecule is COc1ccc(C2=NCC(=O)N(CC(=O)N3CCOCC3)c3sc4c(c32)CCCC4)cc1. The first kappa shape index (κ1) is 21.2. The average Bonchev–Trinajstić information content (AvgIpc) is 3.16. The first-order valence-corrected chi connectivity index (χ1v) is 12.0. The second-order valence-electron chi connectivity index (χ2n) is 8.26. The lowest BCUT2D eigenvalue weighted by Gasteiger charge is -2.29. The van der Waals surface area contributed by atoms with E-state index in [-0.39, 0.29) is 24.9 Å². The Hall–Kier alpha value is -2.71. The Morgan fingerprint density at radius 2 is 1.91 bits per heavy atom. The topological polar surface area (TPSA) is 71.4 Å². The van der Waals surface area contributed by atoms with E-state index in [1.165, 1.54) is 10.4 Å². The Kier molecular flexibility index (Phi) is 5.97. The molecule has 0 radical (unpaired) electrons. The molecular formula is C24H27N3O4S. The van der Waals surface area contributed by atoms with Gasteiger partial charge in [-0.3, -0.25) is 19.5 Å². The molecule has 3 aliphatic rings. The highest BCUT2D eigenvalue weighted by Gasteiger charge is 2.34. The fourth-order valence-corrected chi connectivity index (χ4v) is 6.01. The van der Waals surface area contributed by atoms with E-state index in [0.717, 1.165) is 53.3 Å². The van der Waals surface area contributed by atoms with Crippen LogP contribution in [0.3, 0.4) is 0 Å². The number of aliphatic imine (C=N–C) groups is 1. The minimum Gasteiger partial charge on any atom is -0.497 e. The molecule has 0 N–H and O–H groups in total. The number of benzene rings is 1. The van der Waals surface area contributed by atoms with E-state index in [0.29, 0.717) is 26.3 Å². The second-order valence-corrected chi connectivity index (χ2v) is 9.34. The number of amides is 2. The number of anilines is 1. The summed E-state index contributed by atoms with van der Waals surface area (Å²) >= 11 is 1.66. The normalized spacial score (nSPS) is 18.5. The van der Waals surface area contributed by atoms with Crippen LogP contribution in [0.15, 0.2) is 29.3 Å². The zero-order valence-electron chi connectivity index (χ0n) is 18.3. The number of aryl methyl sites for hydroxylation is 1. The monoisotopic (exact) mass is 453 g/mol. The van der Waals surface area contributed by atoms with E-state index < -0.39 is 0 Å². The molecule has 3 heterocycles. The molecule has 0 bridgehead atoms. The van der Waals surface area contributed by atoms with Gasteiger partial charge in [0.15, 0.2) is 0 Å². The molecule has 5 rings (SSSR count). The van der Waals surface area contributed by atoms with Gasteiger partial charge in [-0.1, -0.05) is 0 Å². The molecule has 32 heavy (non-hydrogen) atoms. The molecule has 0 atom stereocenters. The zero-order valence-corrected chi connectivity index (χ0v) is 19.1. The van der Waals surface area contributed by atoms with Crippen molar-refractivity contribution in [3.63, 3.8) is 0 Å². The number of carbonyl (C=O) groups excluding carboxylic acids is 2. The highest BCUT2D eigenvalue weighted by atomic mass is 32.1. The zero-order chi connectivity index (χ0) is 22.1. The van der Waals surface area contributed by atoms with Crippen LogP contribution < -0.4 is 9.64 Å². The summed E-state index contributed by atoms with van der Waals surface area (Å²) in [7, 11) is 1.65. The number of ether oxygens (including phenoxy) is 2. The largest absolute Gasteiger partial charge is 0.497 e. The third kappa shape index (κ3) is 3.93. The maximum atomic E-state index is 13.2. The number of carbonyl (C=O) groups is 2. The minimum atomic E-state index is -0.130. The maximum absolute atomic E-state index is 13.2. The van der Waals surface area contributed by atoms with Gasteiger partial charge in [0.05, 0.1) is 26.0 Å². The molecule has 1 saturated heterocycles. The third-order valence-electron chi connectivity index (χ3n) is 6.33. The Balaban J connectivity index is 1.55. The van der Waals surface area contributed by atoms with Crippen LogP contribution in [0.25, 0.3) is 0 Å². The summed E-state index contributed by atoms with van der Waals surface area (Å²) in [5.74, 6) is 0.617. The standard InChI is InChI=1S/C24H27N3O4S/c1-30-17-8-6-16(7-9-17)23-22-18-4-2-3-5-19(18)32-24(22)27(20(28)14-25-23)15-21(29)26-10-12-31-13-11-26/h6-9H,2-5,10-15H2,1H3. The predicted molar refractivity (Wildman–Crippen MR) is 124 cm³/mol. The summed E-state index contributed by atoms with van der Waals surface area (Å²) in [6, 6.07) is 7.83. The summed E-state index contributed by atoms with van der Waals surface area (Å²) in [6.45, 7) is 2.32. The summed E-state index contributed by atoms with van der Waals surface area (Å²) < 4.78 is 10.7. The predicted octanol–water partition coefficient (Wildman–Crippen LogP) is 2.68. The Bertz CT molecular complexity index is 1050. The van der Waals surface area contributed by atoms with Crippen molar-refractivity contribution in [1.82, 2.24) is 4.90 Å². The van der Waals surface area contributed by atoms with Gasteiger partial charge in [-0.2, -0.15) is 0 Å². The van der Waals surface area contributed by atoms with Crippen LogP contribution >= 0.6 is 11.3 Å². The van der Waals surface area contributed by atoms with Crippen molar-refractivity contribution in [2.45, 2.75) is 25.7 Å². The molecule has 0 saturated carbocycles. The van der Waals surface area contributed by atoms with E-state index in [2.05, 4.69) is 0 Å². The van der Waals surface area contributed by atoms with Gasteiger partial charge in [0.1, 0.15) is 23.8 Å². The summed E-state index contributed by atoms with van der Waals surface area (Å²) in [4.78, 5) is 35.8. The van der Waals surface area contributed by atoms with E-state index >= 15 is 0 Å². The number of hydrogen-bond donors (Lipinski definition) is 0. The van der Waals surface area contributed by atoms with Crippen molar-refractivity contribution in [1.29, 1.82) is 0 Å². The Labute approximate surface area is 191 Å². The van der Waals surface area contributed by atoms with Gasteiger partial charge in [0, 0.05) is 29.1 Å². The van der Waals surface area contributed by atoms with Gasteiger partial charge in [-0.05, 0) is 55.5 Å². The van der Waals surface area contributed by atoms with E-state index in [1.807, 2.05) is 24.3 Å². The highest BCUT2D eigenvalue weighted by molar-refractivity contribution is 7.17. The van der Waals surface area contributed by atoms with Crippen molar-refractivity contribution < 1.29 is 19.1 Å². The van der Waals surface area contributed by atoms with Gasteiger partial charge < -0.3 is 14.4 Å². The second kappa shape index (κ2) is 9.03. The molecule has 2 amide bonds. The van der Waals surface area contributed by atoms with Crippen LogP contribution in [0, 0.1) is 0 Å². The number of rotatable bonds is 4. The molecule has 1 aromatic heterocycles. The van der Waals surface area contributed by atoms with Gasteiger partial charge in [-0.15, -0.1) is 11.3 Å². The molecule has 168 valence electrons. The van der Waals surface area contributed by atoms with Crippen molar-refractivity contribution in [3.05, 3.63) is 45.8 Å². The first-order chi connectivity index (χ1) is 15.7. The fraction of sp³-hybridized carbons (Fsp3) is 0.458. The van der Waals surface area contributed by atoms with Crippen molar-refractivity contribution >= 4 is 33.9 Å². The Morgan fingerprint density at radius 3 is 2.66 bits per heavy atom. The number of thiophene rings is 1. The van der Waals surface area contributed by atoms with Crippen molar-refractivity contribution in [2.75, 3.05) is 51.4 Å². The van der Waals surface area contributed by atoms with Gasteiger partial charge in [-0.25, -0.2) is 0 Å². The lowest BCUT2D eigenvalue weighted by molar-refractivity contribution is -0.134. The molecule has 1 aromatic carbocycles. The molecule has 1 aliphatic carbocycles. The maximum Gasteiger partial charge on any atom is 0.249 e. The lowest BCUT2D eigenvalue weighted by atomic mass is 9.91. The number of morpholine rings is 1. The molecule has 0 unspecified atom stereocenters. The number of methoxy groups -OCH3 is 1. The van der Waals surface area contributed by atoms with Gasteiger partial charge >= 0.3 is 0 Å². The molecule has 8 heteroatoms. The van der Waals surface area contributed by atoms with E-state index in [9.17, 15) is 9.59 Å². The van der Waals surface area contributed by atoms with Crippen LogP contribution in [-0.2, 0) is 27.2 Å². The average molecular weight is 454 g/mol. The number of nitrogens with zero attached hydrogens (tertiary/aromatic N) is 3. The molecule has 1 fully saturated rings. The van der Waals surface area contributed by atoms with Crippen LogP contribution in [0.5, 0.6) is 5.75 Å². The van der Waals surface area contributed by atoms with E-state index in [4.69, 9.17) is 14.5 Å². The molecule has 2 aliphatic heterocycles. The summed E-state index contributed by atoms with van der Waals surface area (Å²) in [5.41, 5.74) is 4.14. The Morgan fingerprint density at radius 1 is 1.16 bits per heavy atom. The number of hydrogen-bond acceptors (Lipinski definition) is 6. The van der Waals surface area contributed by atoms with Crippen LogP contribution in [0.4, 0.5) is 5.00 Å². The first-order valence-electron chi connectivity index (χ1n) is 11.2. The van der Waals surface area contributed by atoms with Crippen LogP contribution in [0.2, 0.25) is 0 Å². The lowest BCUT2D eigenvalue weighted by Crippen LogP contribution is -2.47. The van der Waals surface area contributed by atoms with Gasteiger partial charge in [0.25, 0.3) is 0 Å². The summed E-state index contributed by atoms with van der Waals surface area (Å²) in [5, 5.41) is 0.871. The molecule has 0 spiro atoms. The summed E-state index contributed by atoms with van der Waals surface area (Å²) in [6.07, 6.45) is 4.28. The molecule has 7 nitrogen and oxygen atoms in total. The van der Waals surface area contributed by atoms with Crippen molar-refractivity contribution in [3.8, 4) is 5.75 Å². The van der Waals surface area contributed by atoms with Crippen molar-refractivity contribution in [2.24, 2.45) is 4.99 Å². The van der Waals surface area contributed by atoms with E-state index in [1.54, 1.807) is 28.2 Å². The third-order valence-corrected chi connectivity index (χ3v) is 7.64.